The highest BCUT2D eigenvalue weighted by atomic mass is 16.5. The van der Waals surface area contributed by atoms with Gasteiger partial charge in [-0.05, 0) is 28.3 Å². The first-order valence-electron chi connectivity index (χ1n) is 7.64. The molecule has 0 atom stereocenters. The summed E-state index contributed by atoms with van der Waals surface area (Å²) in [5.74, 6) is -0.863. The number of benzene rings is 2. The summed E-state index contributed by atoms with van der Waals surface area (Å²) in [6.45, 7) is 0.171. The number of carbonyl (C=O) groups excluding carboxylic acids is 2. The van der Waals surface area contributed by atoms with Crippen molar-refractivity contribution in [2.24, 2.45) is 0 Å². The average Bonchev–Trinajstić information content (AvgIpc) is 2.64. The molecule has 0 unspecified atom stereocenters. The predicted molar refractivity (Wildman–Crippen MR) is 88.8 cm³/mol. The van der Waals surface area contributed by atoms with E-state index in [0.717, 1.165) is 22.3 Å². The maximum atomic E-state index is 11.6. The third-order valence-corrected chi connectivity index (χ3v) is 3.56. The Hall–Kier alpha value is -2.66. The SMILES string of the molecule is COC(=O)CCC(=O)OCc1cccc(-c2ccc(CO)cc2)c1. The standard InChI is InChI=1S/C19H20O5/c1-23-18(21)9-10-19(22)24-13-15-3-2-4-17(11-15)16-7-5-14(12-20)6-8-16/h2-8,11,20H,9-10,12-13H2,1H3. The molecule has 0 aliphatic carbocycles. The van der Waals surface area contributed by atoms with Gasteiger partial charge in [0.15, 0.2) is 0 Å². The zero-order valence-electron chi connectivity index (χ0n) is 13.5. The van der Waals surface area contributed by atoms with Crippen LogP contribution < -0.4 is 0 Å². The summed E-state index contributed by atoms with van der Waals surface area (Å²) in [5.41, 5.74) is 3.74. The summed E-state index contributed by atoms with van der Waals surface area (Å²) in [7, 11) is 1.28. The molecule has 0 saturated carbocycles. The molecule has 0 spiro atoms. The van der Waals surface area contributed by atoms with Crippen molar-refractivity contribution in [2.45, 2.75) is 26.1 Å². The van der Waals surface area contributed by atoms with Crippen LogP contribution in [0.1, 0.15) is 24.0 Å². The van der Waals surface area contributed by atoms with Crippen molar-refractivity contribution in [1.82, 2.24) is 0 Å². The number of esters is 2. The van der Waals surface area contributed by atoms with Gasteiger partial charge in [0.25, 0.3) is 0 Å². The van der Waals surface area contributed by atoms with Crippen molar-refractivity contribution >= 4 is 11.9 Å². The van der Waals surface area contributed by atoms with Gasteiger partial charge in [0.1, 0.15) is 6.61 Å². The first-order chi connectivity index (χ1) is 11.6. The molecule has 5 nitrogen and oxygen atoms in total. The number of carbonyl (C=O) groups is 2. The van der Waals surface area contributed by atoms with Crippen LogP contribution in [0.15, 0.2) is 48.5 Å². The Morgan fingerprint density at radius 1 is 0.917 bits per heavy atom. The van der Waals surface area contributed by atoms with Gasteiger partial charge in [-0.25, -0.2) is 0 Å². The van der Waals surface area contributed by atoms with E-state index in [0.29, 0.717) is 0 Å². The smallest absolute Gasteiger partial charge is 0.306 e. The summed E-state index contributed by atoms with van der Waals surface area (Å²) in [5, 5.41) is 9.08. The molecule has 0 aromatic heterocycles. The number of aliphatic hydroxyl groups is 1. The Balaban J connectivity index is 1.94. The first kappa shape index (κ1) is 17.7. The quantitative estimate of drug-likeness (QED) is 0.791. The summed E-state index contributed by atoms with van der Waals surface area (Å²) >= 11 is 0. The molecule has 0 aliphatic rings. The van der Waals surface area contributed by atoms with Gasteiger partial charge in [-0.3, -0.25) is 9.59 Å². The summed E-state index contributed by atoms with van der Waals surface area (Å²) in [6.07, 6.45) is 0.0293. The van der Waals surface area contributed by atoms with E-state index in [1.54, 1.807) is 0 Å². The van der Waals surface area contributed by atoms with Gasteiger partial charge < -0.3 is 14.6 Å². The second kappa shape index (κ2) is 8.84. The molecular formula is C19H20O5. The van der Waals surface area contributed by atoms with Gasteiger partial charge in [0.2, 0.25) is 0 Å². The fourth-order valence-corrected chi connectivity index (χ4v) is 2.19. The first-order valence-corrected chi connectivity index (χ1v) is 7.64. The van der Waals surface area contributed by atoms with Crippen LogP contribution in [-0.4, -0.2) is 24.2 Å². The normalized spacial score (nSPS) is 10.2. The number of rotatable bonds is 7. The Bertz CT molecular complexity index is 691. The largest absolute Gasteiger partial charge is 0.469 e. The van der Waals surface area contributed by atoms with Crippen molar-refractivity contribution in [3.8, 4) is 11.1 Å². The van der Waals surface area contributed by atoms with Crippen LogP contribution in [0.3, 0.4) is 0 Å². The average molecular weight is 328 g/mol. The minimum absolute atomic E-state index is 0.00891. The Labute approximate surface area is 140 Å². The van der Waals surface area contributed by atoms with E-state index < -0.39 is 11.9 Å². The van der Waals surface area contributed by atoms with Gasteiger partial charge in [-0.1, -0.05) is 42.5 Å². The Morgan fingerprint density at radius 2 is 1.62 bits per heavy atom. The van der Waals surface area contributed by atoms with Gasteiger partial charge in [-0.15, -0.1) is 0 Å². The molecule has 2 rings (SSSR count). The molecule has 1 N–H and O–H groups in total. The minimum atomic E-state index is -0.432. The van der Waals surface area contributed by atoms with Crippen LogP contribution in [0, 0.1) is 0 Å². The van der Waals surface area contributed by atoms with Crippen molar-refractivity contribution in [3.63, 3.8) is 0 Å². The third-order valence-electron chi connectivity index (χ3n) is 3.56. The fraction of sp³-hybridized carbons (Fsp3) is 0.263. The van der Waals surface area contributed by atoms with Crippen molar-refractivity contribution < 1.29 is 24.2 Å². The molecule has 5 heteroatoms. The van der Waals surface area contributed by atoms with E-state index in [9.17, 15) is 9.59 Å². The highest BCUT2D eigenvalue weighted by molar-refractivity contribution is 5.77. The lowest BCUT2D eigenvalue weighted by Gasteiger charge is -2.08. The van der Waals surface area contributed by atoms with Crippen LogP contribution in [0.5, 0.6) is 0 Å². The summed E-state index contributed by atoms with van der Waals surface area (Å²) in [6, 6.07) is 15.3. The number of aliphatic hydroxyl groups excluding tert-OH is 1. The molecule has 0 fully saturated rings. The maximum absolute atomic E-state index is 11.6. The van der Waals surface area contributed by atoms with Crippen LogP contribution in [-0.2, 0) is 32.3 Å². The molecule has 24 heavy (non-hydrogen) atoms. The zero-order valence-corrected chi connectivity index (χ0v) is 13.5. The van der Waals surface area contributed by atoms with Crippen LogP contribution >= 0.6 is 0 Å². The molecule has 2 aromatic rings. The van der Waals surface area contributed by atoms with Gasteiger partial charge in [-0.2, -0.15) is 0 Å². The molecular weight excluding hydrogens is 308 g/mol. The van der Waals surface area contributed by atoms with Crippen LogP contribution in [0.2, 0.25) is 0 Å². The number of ether oxygens (including phenoxy) is 2. The fourth-order valence-electron chi connectivity index (χ4n) is 2.19. The molecule has 0 heterocycles. The lowest BCUT2D eigenvalue weighted by molar-refractivity contribution is -0.149. The second-order valence-corrected chi connectivity index (χ2v) is 5.29. The van der Waals surface area contributed by atoms with E-state index in [1.807, 2.05) is 48.5 Å². The topological polar surface area (TPSA) is 72.8 Å². The van der Waals surface area contributed by atoms with Crippen molar-refractivity contribution in [1.29, 1.82) is 0 Å². The van der Waals surface area contributed by atoms with Crippen LogP contribution in [0.4, 0.5) is 0 Å². The highest BCUT2D eigenvalue weighted by Crippen LogP contribution is 2.21. The molecule has 0 amide bonds. The molecule has 0 saturated heterocycles. The monoisotopic (exact) mass is 328 g/mol. The summed E-state index contributed by atoms with van der Waals surface area (Å²) in [4.78, 5) is 22.6. The molecule has 0 bridgehead atoms. The highest BCUT2D eigenvalue weighted by Gasteiger charge is 2.08. The van der Waals surface area contributed by atoms with Crippen LogP contribution in [0.25, 0.3) is 11.1 Å². The molecule has 126 valence electrons. The van der Waals surface area contributed by atoms with Crippen molar-refractivity contribution in [3.05, 3.63) is 59.7 Å². The minimum Gasteiger partial charge on any atom is -0.469 e. The second-order valence-electron chi connectivity index (χ2n) is 5.29. The number of hydrogen-bond donors (Lipinski definition) is 1. The molecule has 2 aromatic carbocycles. The van der Waals surface area contributed by atoms with Gasteiger partial charge >= 0.3 is 11.9 Å². The van der Waals surface area contributed by atoms with E-state index >= 15 is 0 Å². The molecule has 0 radical (unpaired) electrons. The lowest BCUT2D eigenvalue weighted by Crippen LogP contribution is -2.08. The van der Waals surface area contributed by atoms with E-state index in [2.05, 4.69) is 4.74 Å². The van der Waals surface area contributed by atoms with E-state index in [-0.39, 0.29) is 26.1 Å². The van der Waals surface area contributed by atoms with E-state index in [4.69, 9.17) is 9.84 Å². The Morgan fingerprint density at radius 3 is 2.29 bits per heavy atom. The summed E-state index contributed by atoms with van der Waals surface area (Å²) < 4.78 is 9.65. The predicted octanol–water partition coefficient (Wildman–Crippen LogP) is 2.84. The zero-order chi connectivity index (χ0) is 17.4. The van der Waals surface area contributed by atoms with Gasteiger partial charge in [0, 0.05) is 0 Å². The number of methoxy groups -OCH3 is 1. The lowest BCUT2D eigenvalue weighted by atomic mass is 10.0. The van der Waals surface area contributed by atoms with Gasteiger partial charge in [0.05, 0.1) is 26.6 Å². The molecule has 0 aliphatic heterocycles. The Kier molecular flexibility index (Phi) is 6.51. The number of hydrogen-bond acceptors (Lipinski definition) is 5. The van der Waals surface area contributed by atoms with Crippen molar-refractivity contribution in [2.75, 3.05) is 7.11 Å². The van der Waals surface area contributed by atoms with E-state index in [1.165, 1.54) is 7.11 Å². The maximum Gasteiger partial charge on any atom is 0.306 e. The third kappa shape index (κ3) is 5.21.